The summed E-state index contributed by atoms with van der Waals surface area (Å²) in [6.45, 7) is 1.55. The largest absolute Gasteiger partial charge is 0.294 e. The second-order valence-corrected chi connectivity index (χ2v) is 4.63. The van der Waals surface area contributed by atoms with Crippen molar-refractivity contribution in [2.24, 2.45) is 0 Å². The molecule has 0 saturated heterocycles. The van der Waals surface area contributed by atoms with Gasteiger partial charge in [0.05, 0.1) is 0 Å². The molecule has 0 N–H and O–H groups in total. The Morgan fingerprint density at radius 1 is 1.00 bits per heavy atom. The molecule has 0 heterocycles. The quantitative estimate of drug-likeness (QED) is 0.708. The molecule has 0 spiro atoms. The van der Waals surface area contributed by atoms with E-state index in [1.54, 1.807) is 31.2 Å². The SMILES string of the molecule is CC(=O)c1ccccc1-c1cc(Cl)cc(Cl)c1. The highest BCUT2D eigenvalue weighted by molar-refractivity contribution is 6.35. The monoisotopic (exact) mass is 264 g/mol. The lowest BCUT2D eigenvalue weighted by Gasteiger charge is -2.08. The maximum Gasteiger partial charge on any atom is 0.160 e. The fourth-order valence-corrected chi connectivity index (χ4v) is 2.28. The van der Waals surface area contributed by atoms with Crippen LogP contribution in [0.15, 0.2) is 42.5 Å². The maximum absolute atomic E-state index is 11.5. The van der Waals surface area contributed by atoms with Crippen molar-refractivity contribution in [1.82, 2.24) is 0 Å². The van der Waals surface area contributed by atoms with E-state index < -0.39 is 0 Å². The molecule has 0 aliphatic rings. The van der Waals surface area contributed by atoms with Crippen LogP contribution in [0.4, 0.5) is 0 Å². The number of benzene rings is 2. The van der Waals surface area contributed by atoms with Crippen LogP contribution in [0, 0.1) is 0 Å². The average Bonchev–Trinajstić information content (AvgIpc) is 2.27. The first-order chi connectivity index (χ1) is 8.08. The van der Waals surface area contributed by atoms with Gasteiger partial charge in [0.25, 0.3) is 0 Å². The summed E-state index contributed by atoms with van der Waals surface area (Å²) in [5.41, 5.74) is 2.38. The molecule has 86 valence electrons. The van der Waals surface area contributed by atoms with E-state index in [1.807, 2.05) is 18.2 Å². The number of carbonyl (C=O) groups is 1. The Kier molecular flexibility index (Phi) is 3.51. The lowest BCUT2D eigenvalue weighted by Crippen LogP contribution is -1.95. The molecule has 0 aromatic heterocycles. The maximum atomic E-state index is 11.5. The van der Waals surface area contributed by atoms with Crippen LogP contribution in [0.2, 0.25) is 10.0 Å². The van der Waals surface area contributed by atoms with Crippen molar-refractivity contribution in [3.8, 4) is 11.1 Å². The van der Waals surface area contributed by atoms with Crippen LogP contribution < -0.4 is 0 Å². The zero-order valence-electron chi connectivity index (χ0n) is 9.21. The molecule has 2 aromatic carbocycles. The van der Waals surface area contributed by atoms with Crippen molar-refractivity contribution in [2.75, 3.05) is 0 Å². The highest BCUT2D eigenvalue weighted by Gasteiger charge is 2.09. The van der Waals surface area contributed by atoms with Crippen LogP contribution in [0.5, 0.6) is 0 Å². The second kappa shape index (κ2) is 4.91. The number of hydrogen-bond donors (Lipinski definition) is 0. The lowest BCUT2D eigenvalue weighted by atomic mass is 9.98. The normalized spacial score (nSPS) is 10.3. The standard InChI is InChI=1S/C14H10Cl2O/c1-9(17)13-4-2-3-5-14(13)10-6-11(15)8-12(16)7-10/h2-8H,1H3. The third-order valence-corrected chi connectivity index (χ3v) is 2.92. The average molecular weight is 265 g/mol. The van der Waals surface area contributed by atoms with Crippen molar-refractivity contribution in [2.45, 2.75) is 6.92 Å². The van der Waals surface area contributed by atoms with Gasteiger partial charge in [-0.2, -0.15) is 0 Å². The summed E-state index contributed by atoms with van der Waals surface area (Å²) in [6.07, 6.45) is 0. The van der Waals surface area contributed by atoms with Crippen molar-refractivity contribution < 1.29 is 4.79 Å². The van der Waals surface area contributed by atoms with Crippen LogP contribution >= 0.6 is 23.2 Å². The summed E-state index contributed by atoms with van der Waals surface area (Å²) in [7, 11) is 0. The molecule has 17 heavy (non-hydrogen) atoms. The summed E-state index contributed by atoms with van der Waals surface area (Å²) in [6, 6.07) is 12.7. The van der Waals surface area contributed by atoms with Crippen molar-refractivity contribution in [3.63, 3.8) is 0 Å². The van der Waals surface area contributed by atoms with Gasteiger partial charge in [-0.15, -0.1) is 0 Å². The minimum Gasteiger partial charge on any atom is -0.294 e. The van der Waals surface area contributed by atoms with Gasteiger partial charge in [0.2, 0.25) is 0 Å². The van der Waals surface area contributed by atoms with E-state index in [2.05, 4.69) is 0 Å². The van der Waals surface area contributed by atoms with E-state index in [0.717, 1.165) is 11.1 Å². The van der Waals surface area contributed by atoms with Gasteiger partial charge in [0, 0.05) is 15.6 Å². The molecule has 0 aliphatic carbocycles. The molecule has 0 saturated carbocycles. The Balaban J connectivity index is 2.64. The molecule has 0 aliphatic heterocycles. The van der Waals surface area contributed by atoms with Crippen LogP contribution in [0.3, 0.4) is 0 Å². The second-order valence-electron chi connectivity index (χ2n) is 3.76. The first-order valence-corrected chi connectivity index (χ1v) is 5.90. The smallest absolute Gasteiger partial charge is 0.160 e. The fourth-order valence-electron chi connectivity index (χ4n) is 1.75. The Labute approximate surface area is 110 Å². The van der Waals surface area contributed by atoms with E-state index in [-0.39, 0.29) is 5.78 Å². The predicted molar refractivity (Wildman–Crippen MR) is 71.9 cm³/mol. The number of carbonyl (C=O) groups excluding carboxylic acids is 1. The van der Waals surface area contributed by atoms with Crippen molar-refractivity contribution >= 4 is 29.0 Å². The van der Waals surface area contributed by atoms with Crippen LogP contribution in [0.25, 0.3) is 11.1 Å². The molecule has 0 amide bonds. The number of hydrogen-bond acceptors (Lipinski definition) is 1. The number of ketones is 1. The summed E-state index contributed by atoms with van der Waals surface area (Å²) < 4.78 is 0. The summed E-state index contributed by atoms with van der Waals surface area (Å²) in [4.78, 5) is 11.5. The third kappa shape index (κ3) is 2.68. The van der Waals surface area contributed by atoms with Crippen molar-refractivity contribution in [1.29, 1.82) is 0 Å². The first kappa shape index (κ1) is 12.2. The van der Waals surface area contributed by atoms with E-state index in [0.29, 0.717) is 15.6 Å². The number of Topliss-reactive ketones (excluding diaryl/α,β-unsaturated/α-hetero) is 1. The molecule has 3 heteroatoms. The lowest BCUT2D eigenvalue weighted by molar-refractivity contribution is 0.101. The molecular formula is C14H10Cl2O. The number of halogens is 2. The zero-order chi connectivity index (χ0) is 12.4. The Morgan fingerprint density at radius 3 is 2.18 bits per heavy atom. The Morgan fingerprint density at radius 2 is 1.59 bits per heavy atom. The Bertz CT molecular complexity index is 556. The molecule has 0 radical (unpaired) electrons. The van der Waals surface area contributed by atoms with E-state index in [1.165, 1.54) is 0 Å². The third-order valence-electron chi connectivity index (χ3n) is 2.48. The topological polar surface area (TPSA) is 17.1 Å². The molecule has 0 bridgehead atoms. The van der Waals surface area contributed by atoms with Gasteiger partial charge in [-0.05, 0) is 36.2 Å². The van der Waals surface area contributed by atoms with Gasteiger partial charge in [-0.1, -0.05) is 47.5 Å². The van der Waals surface area contributed by atoms with E-state index >= 15 is 0 Å². The highest BCUT2D eigenvalue weighted by Crippen LogP contribution is 2.29. The van der Waals surface area contributed by atoms with Gasteiger partial charge >= 0.3 is 0 Å². The van der Waals surface area contributed by atoms with Crippen molar-refractivity contribution in [3.05, 3.63) is 58.1 Å². The summed E-state index contributed by atoms with van der Waals surface area (Å²) >= 11 is 11.9. The van der Waals surface area contributed by atoms with Gasteiger partial charge in [0.15, 0.2) is 5.78 Å². The molecule has 1 nitrogen and oxygen atoms in total. The molecule has 0 fully saturated rings. The highest BCUT2D eigenvalue weighted by atomic mass is 35.5. The van der Waals surface area contributed by atoms with Gasteiger partial charge < -0.3 is 0 Å². The molecular weight excluding hydrogens is 255 g/mol. The first-order valence-electron chi connectivity index (χ1n) is 5.14. The summed E-state index contributed by atoms with van der Waals surface area (Å²) in [5, 5.41) is 1.12. The predicted octanol–water partition coefficient (Wildman–Crippen LogP) is 4.86. The molecule has 0 atom stereocenters. The summed E-state index contributed by atoms with van der Waals surface area (Å²) in [5.74, 6) is 0.0247. The van der Waals surface area contributed by atoms with E-state index in [4.69, 9.17) is 23.2 Å². The van der Waals surface area contributed by atoms with Gasteiger partial charge in [-0.25, -0.2) is 0 Å². The molecule has 2 rings (SSSR count). The molecule has 0 unspecified atom stereocenters. The van der Waals surface area contributed by atoms with Gasteiger partial charge in [-0.3, -0.25) is 4.79 Å². The number of rotatable bonds is 2. The zero-order valence-corrected chi connectivity index (χ0v) is 10.7. The van der Waals surface area contributed by atoms with E-state index in [9.17, 15) is 4.79 Å². The fraction of sp³-hybridized carbons (Fsp3) is 0.0714. The minimum absolute atomic E-state index is 0.0247. The van der Waals surface area contributed by atoms with Gasteiger partial charge in [0.1, 0.15) is 0 Å². The van der Waals surface area contributed by atoms with Crippen LogP contribution in [-0.4, -0.2) is 5.78 Å². The molecule has 2 aromatic rings. The van der Waals surface area contributed by atoms with Crippen LogP contribution in [0.1, 0.15) is 17.3 Å². The van der Waals surface area contributed by atoms with Crippen LogP contribution in [-0.2, 0) is 0 Å². The minimum atomic E-state index is 0.0247. The Hall–Kier alpha value is -1.31.